The summed E-state index contributed by atoms with van der Waals surface area (Å²) >= 11 is 6.49. The number of aromatic nitrogens is 2. The van der Waals surface area contributed by atoms with Gasteiger partial charge < -0.3 is 4.74 Å². The zero-order chi connectivity index (χ0) is 18.8. The molecule has 2 aromatic heterocycles. The molecule has 27 heavy (non-hydrogen) atoms. The predicted molar refractivity (Wildman–Crippen MR) is 105 cm³/mol. The van der Waals surface area contributed by atoms with Crippen molar-refractivity contribution >= 4 is 28.4 Å². The van der Waals surface area contributed by atoms with Crippen LogP contribution in [0.1, 0.15) is 18.4 Å². The van der Waals surface area contributed by atoms with E-state index in [0.29, 0.717) is 0 Å². The van der Waals surface area contributed by atoms with Gasteiger partial charge in [0.05, 0.1) is 23.7 Å². The second-order valence-electron chi connectivity index (χ2n) is 5.94. The number of halogens is 1. The molecule has 0 bridgehead atoms. The van der Waals surface area contributed by atoms with Gasteiger partial charge in [0.25, 0.3) is 0 Å². The molecule has 1 unspecified atom stereocenters. The number of benzene rings is 1. The van der Waals surface area contributed by atoms with Crippen LogP contribution in [-0.4, -0.2) is 32.5 Å². The lowest BCUT2D eigenvalue weighted by Gasteiger charge is -2.21. The average Bonchev–Trinajstić information content (AvgIpc) is 3.08. The molecular weight excluding hydrogens is 364 g/mol. The fourth-order valence-electron chi connectivity index (χ4n) is 3.09. The van der Waals surface area contributed by atoms with Crippen molar-refractivity contribution in [3.8, 4) is 11.3 Å². The fourth-order valence-corrected chi connectivity index (χ4v) is 3.35. The molecule has 0 radical (unpaired) electrons. The first-order valence-corrected chi connectivity index (χ1v) is 8.98. The first kappa shape index (κ1) is 17.3. The molecular formula is C20H17ClN4O2. The van der Waals surface area contributed by atoms with E-state index < -0.39 is 6.09 Å². The van der Waals surface area contributed by atoms with Gasteiger partial charge in [-0.15, -0.1) is 0 Å². The van der Waals surface area contributed by atoms with E-state index in [1.54, 1.807) is 13.1 Å². The van der Waals surface area contributed by atoms with Crippen LogP contribution in [0.5, 0.6) is 0 Å². The van der Waals surface area contributed by atoms with Crippen LogP contribution in [0.25, 0.3) is 16.8 Å². The number of carbonyl (C=O) groups excluding carboxylic acids is 1. The Bertz CT molecular complexity index is 1040. The Balaban J connectivity index is 1.81. The molecule has 1 aliphatic heterocycles. The first-order valence-electron chi connectivity index (χ1n) is 8.60. The minimum Gasteiger partial charge on any atom is -0.448 e. The lowest BCUT2D eigenvalue weighted by molar-refractivity contribution is 0.123. The van der Waals surface area contributed by atoms with E-state index in [-0.39, 0.29) is 17.7 Å². The Morgan fingerprint density at radius 1 is 1.19 bits per heavy atom. The van der Waals surface area contributed by atoms with Gasteiger partial charge in [0.15, 0.2) is 0 Å². The second-order valence-corrected chi connectivity index (χ2v) is 6.33. The SMILES string of the molecule is CCOC(=O)N1C=CC(c2c(-c3ccccc3)nn3ccccc23)C(Cl)=N1. The summed E-state index contributed by atoms with van der Waals surface area (Å²) in [6.45, 7) is 2.01. The molecule has 1 amide bonds. The van der Waals surface area contributed by atoms with Crippen LogP contribution in [0.4, 0.5) is 4.79 Å². The van der Waals surface area contributed by atoms with E-state index in [2.05, 4.69) is 5.10 Å². The Hall–Kier alpha value is -3.12. The van der Waals surface area contributed by atoms with E-state index in [1.807, 2.05) is 65.3 Å². The molecule has 1 aliphatic rings. The zero-order valence-corrected chi connectivity index (χ0v) is 15.4. The van der Waals surface area contributed by atoms with Crippen molar-refractivity contribution in [1.82, 2.24) is 14.6 Å². The van der Waals surface area contributed by atoms with Crippen LogP contribution in [-0.2, 0) is 4.74 Å². The summed E-state index contributed by atoms with van der Waals surface area (Å²) in [6, 6.07) is 15.8. The topological polar surface area (TPSA) is 59.2 Å². The molecule has 136 valence electrons. The summed E-state index contributed by atoms with van der Waals surface area (Å²) in [5, 5.41) is 10.3. The molecule has 1 aromatic carbocycles. The Morgan fingerprint density at radius 2 is 1.96 bits per heavy atom. The third-order valence-corrected chi connectivity index (χ3v) is 4.58. The molecule has 0 saturated heterocycles. The van der Waals surface area contributed by atoms with Gasteiger partial charge >= 0.3 is 6.09 Å². The monoisotopic (exact) mass is 380 g/mol. The number of ether oxygens (including phenoxy) is 1. The predicted octanol–water partition coefficient (Wildman–Crippen LogP) is 4.62. The molecule has 3 aromatic rings. The van der Waals surface area contributed by atoms with Crippen molar-refractivity contribution < 1.29 is 9.53 Å². The molecule has 1 atom stereocenters. The maximum absolute atomic E-state index is 11.9. The van der Waals surface area contributed by atoms with Gasteiger partial charge in [-0.25, -0.2) is 9.31 Å². The van der Waals surface area contributed by atoms with Crippen molar-refractivity contribution in [1.29, 1.82) is 0 Å². The van der Waals surface area contributed by atoms with Gasteiger partial charge in [-0.2, -0.15) is 15.2 Å². The minimum absolute atomic E-state index is 0.270. The Morgan fingerprint density at radius 3 is 2.70 bits per heavy atom. The number of allylic oxidation sites excluding steroid dienone is 1. The van der Waals surface area contributed by atoms with Crippen molar-refractivity contribution in [2.24, 2.45) is 5.10 Å². The third kappa shape index (κ3) is 3.19. The third-order valence-electron chi connectivity index (χ3n) is 4.27. The van der Waals surface area contributed by atoms with Gasteiger partial charge in [0, 0.05) is 23.5 Å². The van der Waals surface area contributed by atoms with Gasteiger partial charge in [-0.05, 0) is 19.1 Å². The summed E-state index contributed by atoms with van der Waals surface area (Å²) < 4.78 is 6.80. The summed E-state index contributed by atoms with van der Waals surface area (Å²) in [7, 11) is 0. The molecule has 3 heterocycles. The Kier molecular flexibility index (Phi) is 4.64. The summed E-state index contributed by atoms with van der Waals surface area (Å²) in [5.74, 6) is -0.313. The number of carbonyl (C=O) groups is 1. The largest absolute Gasteiger partial charge is 0.448 e. The number of fused-ring (bicyclic) bond motifs is 1. The number of pyridine rings is 1. The molecule has 0 fully saturated rings. The normalized spacial score (nSPS) is 16.4. The van der Waals surface area contributed by atoms with E-state index in [0.717, 1.165) is 27.3 Å². The van der Waals surface area contributed by atoms with Gasteiger partial charge in [0.2, 0.25) is 0 Å². The standard InChI is InChI=1S/C20H17ClN4O2/c1-2-27-20(26)25-13-11-15(19(21)23-25)17-16-10-6-7-12-24(16)22-18(17)14-8-4-3-5-9-14/h3-13,15H,2H2,1H3. The molecule has 0 aliphatic carbocycles. The number of hydrogen-bond acceptors (Lipinski definition) is 4. The Labute approximate surface area is 161 Å². The molecule has 7 heteroatoms. The highest BCUT2D eigenvalue weighted by Crippen LogP contribution is 2.36. The molecule has 0 saturated carbocycles. The van der Waals surface area contributed by atoms with Crippen LogP contribution >= 0.6 is 11.6 Å². The number of nitrogens with zero attached hydrogens (tertiary/aromatic N) is 4. The highest BCUT2D eigenvalue weighted by atomic mass is 35.5. The molecule has 4 rings (SSSR count). The minimum atomic E-state index is -0.562. The van der Waals surface area contributed by atoms with E-state index in [4.69, 9.17) is 21.4 Å². The fraction of sp³-hybridized carbons (Fsp3) is 0.150. The van der Waals surface area contributed by atoms with Crippen molar-refractivity contribution in [3.05, 3.63) is 72.6 Å². The van der Waals surface area contributed by atoms with Gasteiger partial charge in [-0.3, -0.25) is 0 Å². The van der Waals surface area contributed by atoms with E-state index in [9.17, 15) is 4.79 Å². The highest BCUT2D eigenvalue weighted by molar-refractivity contribution is 6.67. The lowest BCUT2D eigenvalue weighted by atomic mass is 9.94. The smallest absolute Gasteiger partial charge is 0.434 e. The molecule has 6 nitrogen and oxygen atoms in total. The molecule has 0 N–H and O–H groups in total. The van der Waals surface area contributed by atoms with E-state index in [1.165, 1.54) is 0 Å². The number of rotatable bonds is 3. The second kappa shape index (κ2) is 7.25. The maximum atomic E-state index is 11.9. The van der Waals surface area contributed by atoms with E-state index >= 15 is 0 Å². The van der Waals surface area contributed by atoms with Crippen molar-refractivity contribution in [2.45, 2.75) is 12.8 Å². The number of amides is 1. The van der Waals surface area contributed by atoms with Crippen molar-refractivity contribution in [2.75, 3.05) is 6.61 Å². The lowest BCUT2D eigenvalue weighted by Crippen LogP contribution is -2.26. The van der Waals surface area contributed by atoms with Crippen LogP contribution < -0.4 is 0 Å². The first-order chi connectivity index (χ1) is 13.2. The van der Waals surface area contributed by atoms with Crippen molar-refractivity contribution in [3.63, 3.8) is 0 Å². The summed E-state index contributed by atoms with van der Waals surface area (Å²) in [6.07, 6.45) is 4.75. The maximum Gasteiger partial charge on any atom is 0.434 e. The van der Waals surface area contributed by atoms with Gasteiger partial charge in [-0.1, -0.05) is 54.1 Å². The summed E-state index contributed by atoms with van der Waals surface area (Å²) in [5.41, 5.74) is 3.69. The number of hydrazone groups is 1. The van der Waals surface area contributed by atoms with Crippen LogP contribution in [0.3, 0.4) is 0 Å². The van der Waals surface area contributed by atoms with Crippen LogP contribution in [0.15, 0.2) is 72.1 Å². The summed E-state index contributed by atoms with van der Waals surface area (Å²) in [4.78, 5) is 11.9. The number of hydrogen-bond donors (Lipinski definition) is 0. The van der Waals surface area contributed by atoms with Crippen LogP contribution in [0.2, 0.25) is 0 Å². The quantitative estimate of drug-likeness (QED) is 0.666. The van der Waals surface area contributed by atoms with Gasteiger partial charge in [0.1, 0.15) is 5.17 Å². The average molecular weight is 381 g/mol. The zero-order valence-electron chi connectivity index (χ0n) is 14.6. The van der Waals surface area contributed by atoms with Crippen LogP contribution in [0, 0.1) is 0 Å². The molecule has 0 spiro atoms. The highest BCUT2D eigenvalue weighted by Gasteiger charge is 2.28.